The maximum atomic E-state index is 13.1. The second kappa shape index (κ2) is 7.59. The fourth-order valence-corrected chi connectivity index (χ4v) is 4.36. The van der Waals surface area contributed by atoms with E-state index < -0.39 is 11.7 Å². The van der Waals surface area contributed by atoms with Crippen LogP contribution < -0.4 is 4.90 Å². The average molecular weight is 421 g/mol. The number of nitrogens with zero attached hydrogens (tertiary/aromatic N) is 2. The van der Waals surface area contributed by atoms with E-state index in [4.69, 9.17) is 0 Å². The van der Waals surface area contributed by atoms with Crippen LogP contribution in [0.5, 0.6) is 0 Å². The summed E-state index contributed by atoms with van der Waals surface area (Å²) < 4.78 is 39.2. The minimum atomic E-state index is -4.36. The van der Waals surface area contributed by atoms with E-state index in [1.165, 1.54) is 12.1 Å². The van der Waals surface area contributed by atoms with Crippen molar-refractivity contribution in [1.82, 2.24) is 4.90 Å². The van der Waals surface area contributed by atoms with E-state index in [0.29, 0.717) is 31.9 Å². The monoisotopic (exact) mass is 420 g/mol. The van der Waals surface area contributed by atoms with Crippen molar-refractivity contribution in [3.8, 4) is 0 Å². The molecule has 0 aromatic heterocycles. The average Bonchev–Trinajstić information content (AvgIpc) is 3.48. The molecule has 4 rings (SSSR count). The maximum absolute atomic E-state index is 13.1. The maximum Gasteiger partial charge on any atom is 0.416 e. The molecule has 1 amide bonds. The summed E-state index contributed by atoms with van der Waals surface area (Å²) in [6.45, 7) is 3.96. The zero-order valence-electron chi connectivity index (χ0n) is 16.1. The summed E-state index contributed by atoms with van der Waals surface area (Å²) in [4.78, 5) is 17.6. The van der Waals surface area contributed by atoms with Crippen LogP contribution in [0, 0.1) is 12.8 Å². The van der Waals surface area contributed by atoms with Gasteiger partial charge in [-0.15, -0.1) is 12.6 Å². The van der Waals surface area contributed by atoms with Crippen molar-refractivity contribution in [2.45, 2.75) is 30.3 Å². The number of piperazine rings is 1. The molecule has 2 atom stereocenters. The van der Waals surface area contributed by atoms with E-state index in [0.717, 1.165) is 28.5 Å². The molecule has 1 heterocycles. The Morgan fingerprint density at radius 2 is 1.79 bits per heavy atom. The predicted molar refractivity (Wildman–Crippen MR) is 110 cm³/mol. The van der Waals surface area contributed by atoms with Gasteiger partial charge in [0.15, 0.2) is 0 Å². The van der Waals surface area contributed by atoms with Crippen LogP contribution in [0.15, 0.2) is 47.4 Å². The summed E-state index contributed by atoms with van der Waals surface area (Å²) in [5.41, 5.74) is 1.92. The lowest BCUT2D eigenvalue weighted by Crippen LogP contribution is -2.49. The van der Waals surface area contributed by atoms with Crippen LogP contribution in [-0.4, -0.2) is 37.0 Å². The first kappa shape index (κ1) is 20.1. The molecular weight excluding hydrogens is 397 g/mol. The second-order valence-corrected chi connectivity index (χ2v) is 8.37. The van der Waals surface area contributed by atoms with Crippen molar-refractivity contribution < 1.29 is 18.0 Å². The van der Waals surface area contributed by atoms with Gasteiger partial charge in [-0.2, -0.15) is 13.2 Å². The number of hydrogen-bond acceptors (Lipinski definition) is 3. The molecular formula is C22H23F3N2OS. The first-order chi connectivity index (χ1) is 13.7. The number of benzene rings is 2. The Balaban J connectivity index is 1.38. The standard InChI is InChI=1S/C22H23F3N2OS/c1-14-5-6-16(22(23,24)25)12-20(14)26-7-9-27(10-8-26)21(28)19-13-18(19)15-3-2-4-17(29)11-15/h2-6,11-12,18-19,29H,7-10,13H2,1H3/t18-,19-/m0/s1. The Hall–Kier alpha value is -2.15. The Morgan fingerprint density at radius 1 is 1.07 bits per heavy atom. The SMILES string of the molecule is Cc1ccc(C(F)(F)F)cc1N1CCN(C(=O)[C@H]2C[C@H]2c2cccc(S)c2)CC1. The van der Waals surface area contributed by atoms with Crippen molar-refractivity contribution in [1.29, 1.82) is 0 Å². The van der Waals surface area contributed by atoms with Gasteiger partial charge in [0.05, 0.1) is 5.56 Å². The van der Waals surface area contributed by atoms with Crippen molar-refractivity contribution in [3.05, 3.63) is 59.2 Å². The number of hydrogen-bond donors (Lipinski definition) is 1. The number of rotatable bonds is 3. The normalized spacial score (nSPS) is 22.0. The van der Waals surface area contributed by atoms with Crippen LogP contribution >= 0.6 is 12.6 Å². The number of thiol groups is 1. The minimum absolute atomic E-state index is 0.00646. The quantitative estimate of drug-likeness (QED) is 0.724. The van der Waals surface area contributed by atoms with Crippen LogP contribution in [0.3, 0.4) is 0 Å². The van der Waals surface area contributed by atoms with E-state index in [2.05, 4.69) is 12.6 Å². The van der Waals surface area contributed by atoms with Crippen LogP contribution in [0.2, 0.25) is 0 Å². The lowest BCUT2D eigenvalue weighted by Gasteiger charge is -2.37. The first-order valence-corrected chi connectivity index (χ1v) is 10.2. The van der Waals surface area contributed by atoms with Crippen LogP contribution in [0.4, 0.5) is 18.9 Å². The lowest BCUT2D eigenvalue weighted by atomic mass is 10.1. The molecule has 154 valence electrons. The second-order valence-electron chi connectivity index (χ2n) is 7.86. The summed E-state index contributed by atoms with van der Waals surface area (Å²) >= 11 is 4.37. The van der Waals surface area contributed by atoms with Gasteiger partial charge in [-0.3, -0.25) is 4.79 Å². The molecule has 1 aliphatic heterocycles. The number of anilines is 1. The van der Waals surface area contributed by atoms with Crippen molar-refractivity contribution in [3.63, 3.8) is 0 Å². The van der Waals surface area contributed by atoms with Crippen LogP contribution in [-0.2, 0) is 11.0 Å². The number of carbonyl (C=O) groups is 1. The summed E-state index contributed by atoms with van der Waals surface area (Å²) in [6, 6.07) is 11.8. The number of halogens is 3. The largest absolute Gasteiger partial charge is 0.416 e. The Bertz CT molecular complexity index is 923. The van der Waals surface area contributed by atoms with Gasteiger partial charge in [0, 0.05) is 42.7 Å². The molecule has 2 aromatic carbocycles. The van der Waals surface area contributed by atoms with E-state index in [1.54, 1.807) is 0 Å². The van der Waals surface area contributed by atoms with E-state index >= 15 is 0 Å². The van der Waals surface area contributed by atoms with E-state index in [-0.39, 0.29) is 17.7 Å². The van der Waals surface area contributed by atoms with Gasteiger partial charge < -0.3 is 9.80 Å². The third kappa shape index (κ3) is 4.25. The summed E-state index contributed by atoms with van der Waals surface area (Å²) in [5.74, 6) is 0.408. The summed E-state index contributed by atoms with van der Waals surface area (Å²) in [7, 11) is 0. The molecule has 7 heteroatoms. The van der Waals surface area contributed by atoms with Gasteiger partial charge >= 0.3 is 6.18 Å². The highest BCUT2D eigenvalue weighted by Gasteiger charge is 2.46. The van der Waals surface area contributed by atoms with Gasteiger partial charge in [-0.25, -0.2) is 0 Å². The third-order valence-corrected chi connectivity index (χ3v) is 6.15. The Labute approximate surface area is 173 Å². The Morgan fingerprint density at radius 3 is 2.45 bits per heavy atom. The zero-order valence-corrected chi connectivity index (χ0v) is 17.0. The highest BCUT2D eigenvalue weighted by Crippen LogP contribution is 2.49. The first-order valence-electron chi connectivity index (χ1n) is 9.74. The molecule has 2 aliphatic rings. The number of carbonyl (C=O) groups excluding carboxylic acids is 1. The molecule has 0 bridgehead atoms. The highest BCUT2D eigenvalue weighted by atomic mass is 32.1. The molecule has 1 aliphatic carbocycles. The van der Waals surface area contributed by atoms with Crippen molar-refractivity contribution in [2.24, 2.45) is 5.92 Å². The number of aryl methyl sites for hydroxylation is 1. The fourth-order valence-electron chi connectivity index (χ4n) is 4.12. The molecule has 2 aromatic rings. The molecule has 29 heavy (non-hydrogen) atoms. The van der Waals surface area contributed by atoms with Crippen LogP contribution in [0.25, 0.3) is 0 Å². The third-order valence-electron chi connectivity index (χ3n) is 5.87. The summed E-state index contributed by atoms with van der Waals surface area (Å²) in [6.07, 6.45) is -3.51. The molecule has 1 saturated heterocycles. The minimum Gasteiger partial charge on any atom is -0.368 e. The lowest BCUT2D eigenvalue weighted by molar-refractivity contribution is -0.137. The van der Waals surface area contributed by atoms with Gasteiger partial charge in [0.1, 0.15) is 0 Å². The Kier molecular flexibility index (Phi) is 5.27. The molecule has 1 saturated carbocycles. The molecule has 0 N–H and O–H groups in total. The molecule has 2 fully saturated rings. The topological polar surface area (TPSA) is 23.6 Å². The van der Waals surface area contributed by atoms with Gasteiger partial charge in [-0.1, -0.05) is 18.2 Å². The molecule has 0 spiro atoms. The number of alkyl halides is 3. The van der Waals surface area contributed by atoms with Crippen LogP contribution in [0.1, 0.15) is 29.0 Å². The van der Waals surface area contributed by atoms with E-state index in [9.17, 15) is 18.0 Å². The molecule has 0 radical (unpaired) electrons. The van der Waals surface area contributed by atoms with E-state index in [1.807, 2.05) is 41.0 Å². The van der Waals surface area contributed by atoms with Gasteiger partial charge in [-0.05, 0) is 54.7 Å². The number of amides is 1. The molecule has 3 nitrogen and oxygen atoms in total. The van der Waals surface area contributed by atoms with Crippen molar-refractivity contribution in [2.75, 3.05) is 31.1 Å². The van der Waals surface area contributed by atoms with Gasteiger partial charge in [0.25, 0.3) is 0 Å². The predicted octanol–water partition coefficient (Wildman–Crippen LogP) is 4.75. The van der Waals surface area contributed by atoms with Crippen molar-refractivity contribution >= 4 is 24.2 Å². The fraction of sp³-hybridized carbons (Fsp3) is 0.409. The smallest absolute Gasteiger partial charge is 0.368 e. The van der Waals surface area contributed by atoms with Gasteiger partial charge in [0.2, 0.25) is 5.91 Å². The highest BCUT2D eigenvalue weighted by molar-refractivity contribution is 7.80. The zero-order chi connectivity index (χ0) is 20.8. The molecule has 0 unspecified atom stereocenters. The summed E-state index contributed by atoms with van der Waals surface area (Å²) in [5, 5.41) is 0.